The van der Waals surface area contributed by atoms with E-state index in [1.807, 2.05) is 0 Å². The van der Waals surface area contributed by atoms with E-state index in [4.69, 9.17) is 16.3 Å². The molecule has 1 unspecified atom stereocenters. The molecule has 0 aliphatic carbocycles. The van der Waals surface area contributed by atoms with Crippen LogP contribution in [0.5, 0.6) is 5.75 Å². The minimum atomic E-state index is -1.14. The number of halogens is 1. The molecule has 0 aromatic heterocycles. The van der Waals surface area contributed by atoms with Crippen molar-refractivity contribution in [1.29, 1.82) is 0 Å². The molecule has 0 radical (unpaired) electrons. The number of carbonyl (C=O) groups excluding carboxylic acids is 1. The van der Waals surface area contributed by atoms with Crippen molar-refractivity contribution in [3.63, 3.8) is 0 Å². The molecule has 1 atom stereocenters. The van der Waals surface area contributed by atoms with Crippen LogP contribution in [0.1, 0.15) is 25.3 Å². The number of hydrogen-bond acceptors (Lipinski definition) is 3. The molecule has 1 N–H and O–H groups in total. The highest BCUT2D eigenvalue weighted by molar-refractivity contribution is 6.31. The van der Waals surface area contributed by atoms with Crippen LogP contribution in [0.3, 0.4) is 0 Å². The lowest BCUT2D eigenvalue weighted by molar-refractivity contribution is -0.156. The first kappa shape index (κ1) is 15.6. The largest absolute Gasteiger partial charge is 0.483 e. The summed E-state index contributed by atoms with van der Waals surface area (Å²) in [5, 5.41) is 9.87. The van der Waals surface area contributed by atoms with Crippen molar-refractivity contribution < 1.29 is 19.4 Å². The van der Waals surface area contributed by atoms with E-state index in [0.29, 0.717) is 30.2 Å². The Balaban J connectivity index is 2.05. The maximum Gasteiger partial charge on any atom is 0.329 e. The average Bonchev–Trinajstić information content (AvgIpc) is 2.84. The van der Waals surface area contributed by atoms with Crippen molar-refractivity contribution in [1.82, 2.24) is 4.90 Å². The van der Waals surface area contributed by atoms with Gasteiger partial charge in [-0.25, -0.2) is 4.79 Å². The number of aliphatic carboxylic acids is 1. The molecule has 114 valence electrons. The van der Waals surface area contributed by atoms with Crippen molar-refractivity contribution in [2.75, 3.05) is 13.2 Å². The van der Waals surface area contributed by atoms with E-state index in [1.54, 1.807) is 32.0 Å². The zero-order valence-corrected chi connectivity index (χ0v) is 12.8. The Hall–Kier alpha value is -1.75. The van der Waals surface area contributed by atoms with Crippen molar-refractivity contribution in [3.05, 3.63) is 28.8 Å². The number of carboxylic acids is 1. The summed E-state index contributed by atoms with van der Waals surface area (Å²) in [7, 11) is 0. The van der Waals surface area contributed by atoms with Crippen LogP contribution < -0.4 is 4.74 Å². The molecule has 1 amide bonds. The zero-order chi connectivity index (χ0) is 15.6. The molecule has 1 fully saturated rings. The fourth-order valence-corrected chi connectivity index (χ4v) is 2.71. The number of carbonyl (C=O) groups is 2. The second kappa shape index (κ2) is 5.93. The summed E-state index contributed by atoms with van der Waals surface area (Å²) in [6, 6.07) is 5.22. The first-order chi connectivity index (χ1) is 9.86. The van der Waals surface area contributed by atoms with Gasteiger partial charge in [0.2, 0.25) is 0 Å². The van der Waals surface area contributed by atoms with Gasteiger partial charge in [-0.1, -0.05) is 17.7 Å². The number of likely N-dealkylation sites (tertiary alicyclic amines) is 1. The number of nitrogens with zero attached hydrogens (tertiary/aromatic N) is 1. The maximum absolute atomic E-state index is 12.2. The molecule has 2 rings (SSSR count). The molecule has 0 bridgehead atoms. The van der Waals surface area contributed by atoms with Crippen molar-refractivity contribution >= 4 is 23.5 Å². The Morgan fingerprint density at radius 1 is 1.48 bits per heavy atom. The van der Waals surface area contributed by atoms with Crippen LogP contribution in [-0.2, 0) is 9.59 Å². The smallest absolute Gasteiger partial charge is 0.329 e. The normalized spacial score (nSPS) is 21.4. The number of hydrogen-bond donors (Lipinski definition) is 1. The second-order valence-electron chi connectivity index (χ2n) is 5.38. The third-order valence-corrected chi connectivity index (χ3v) is 4.38. The van der Waals surface area contributed by atoms with Gasteiger partial charge in [0, 0.05) is 17.1 Å². The van der Waals surface area contributed by atoms with Gasteiger partial charge in [0.25, 0.3) is 5.91 Å². The highest BCUT2D eigenvalue weighted by Gasteiger charge is 2.45. The number of carboxylic acid groups (broad SMARTS) is 1. The van der Waals surface area contributed by atoms with Gasteiger partial charge < -0.3 is 14.7 Å². The van der Waals surface area contributed by atoms with Crippen LogP contribution in [0.4, 0.5) is 0 Å². The van der Waals surface area contributed by atoms with Gasteiger partial charge in [0.05, 0.1) is 0 Å². The van der Waals surface area contributed by atoms with Crippen LogP contribution in [0, 0.1) is 6.92 Å². The molecule has 5 nitrogen and oxygen atoms in total. The van der Waals surface area contributed by atoms with E-state index in [0.717, 1.165) is 5.56 Å². The van der Waals surface area contributed by atoms with Crippen LogP contribution >= 0.6 is 11.6 Å². The van der Waals surface area contributed by atoms with Crippen molar-refractivity contribution in [2.45, 2.75) is 32.2 Å². The Morgan fingerprint density at radius 2 is 2.19 bits per heavy atom. The third-order valence-electron chi connectivity index (χ3n) is 3.97. The number of rotatable bonds is 4. The van der Waals surface area contributed by atoms with Gasteiger partial charge in [0.15, 0.2) is 6.61 Å². The Labute approximate surface area is 128 Å². The summed E-state index contributed by atoms with van der Waals surface area (Å²) < 4.78 is 5.50. The molecule has 21 heavy (non-hydrogen) atoms. The van der Waals surface area contributed by atoms with Crippen molar-refractivity contribution in [3.8, 4) is 5.75 Å². The molecular formula is C15H18ClNO4. The monoisotopic (exact) mass is 311 g/mol. The molecule has 1 aromatic carbocycles. The zero-order valence-electron chi connectivity index (χ0n) is 12.1. The highest BCUT2D eigenvalue weighted by Crippen LogP contribution is 2.30. The molecule has 1 aromatic rings. The summed E-state index contributed by atoms with van der Waals surface area (Å²) in [6.45, 7) is 3.63. The van der Waals surface area contributed by atoms with E-state index in [9.17, 15) is 14.7 Å². The minimum absolute atomic E-state index is 0.190. The van der Waals surface area contributed by atoms with Gasteiger partial charge in [-0.05, 0) is 38.8 Å². The molecule has 0 saturated carbocycles. The van der Waals surface area contributed by atoms with E-state index in [-0.39, 0.29) is 12.5 Å². The van der Waals surface area contributed by atoms with E-state index < -0.39 is 11.5 Å². The second-order valence-corrected chi connectivity index (χ2v) is 5.79. The van der Waals surface area contributed by atoms with Crippen LogP contribution in [-0.4, -0.2) is 40.6 Å². The quantitative estimate of drug-likeness (QED) is 0.927. The van der Waals surface area contributed by atoms with Crippen molar-refractivity contribution in [2.24, 2.45) is 0 Å². The molecule has 0 spiro atoms. The SMILES string of the molecule is Cc1c(Cl)cccc1OCC(=O)N1CCCC1(C)C(=O)O. The van der Waals surface area contributed by atoms with E-state index >= 15 is 0 Å². The van der Waals surface area contributed by atoms with Gasteiger partial charge in [-0.15, -0.1) is 0 Å². The first-order valence-electron chi connectivity index (χ1n) is 6.78. The summed E-state index contributed by atoms with van der Waals surface area (Å²) in [4.78, 5) is 25.0. The predicted octanol–water partition coefficient (Wildman–Crippen LogP) is 2.49. The Bertz CT molecular complexity index is 575. The molecule has 6 heteroatoms. The Kier molecular flexibility index (Phi) is 4.42. The lowest BCUT2D eigenvalue weighted by Gasteiger charge is -2.31. The van der Waals surface area contributed by atoms with Gasteiger partial charge in [0.1, 0.15) is 11.3 Å². The molecule has 1 aliphatic heterocycles. The average molecular weight is 312 g/mol. The minimum Gasteiger partial charge on any atom is -0.483 e. The van der Waals surface area contributed by atoms with Crippen LogP contribution in [0.15, 0.2) is 18.2 Å². The standard InChI is InChI=1S/C15H18ClNO4/c1-10-11(16)5-3-6-12(10)21-9-13(18)17-8-4-7-15(17,2)14(19)20/h3,5-6H,4,7-9H2,1-2H3,(H,19,20). The molecule has 1 heterocycles. The number of benzene rings is 1. The number of ether oxygens (including phenoxy) is 1. The summed E-state index contributed by atoms with van der Waals surface area (Å²) in [6.07, 6.45) is 1.15. The van der Waals surface area contributed by atoms with E-state index in [2.05, 4.69) is 0 Å². The molecular weight excluding hydrogens is 294 g/mol. The third kappa shape index (κ3) is 2.97. The fraction of sp³-hybridized carbons (Fsp3) is 0.467. The Morgan fingerprint density at radius 3 is 2.86 bits per heavy atom. The summed E-state index contributed by atoms with van der Waals surface area (Å²) >= 11 is 5.99. The summed E-state index contributed by atoms with van der Waals surface area (Å²) in [5.74, 6) is -0.767. The van der Waals surface area contributed by atoms with Gasteiger partial charge in [-0.2, -0.15) is 0 Å². The molecule has 1 saturated heterocycles. The first-order valence-corrected chi connectivity index (χ1v) is 7.16. The van der Waals surface area contributed by atoms with Gasteiger partial charge >= 0.3 is 5.97 Å². The van der Waals surface area contributed by atoms with Crippen LogP contribution in [0.2, 0.25) is 5.02 Å². The van der Waals surface area contributed by atoms with E-state index in [1.165, 1.54) is 4.90 Å². The maximum atomic E-state index is 12.2. The van der Waals surface area contributed by atoms with Gasteiger partial charge in [-0.3, -0.25) is 4.79 Å². The predicted molar refractivity (Wildman–Crippen MR) is 78.7 cm³/mol. The highest BCUT2D eigenvalue weighted by atomic mass is 35.5. The summed E-state index contributed by atoms with van der Waals surface area (Å²) in [5.41, 5.74) is -0.376. The van der Waals surface area contributed by atoms with Crippen LogP contribution in [0.25, 0.3) is 0 Å². The number of amides is 1. The lowest BCUT2D eigenvalue weighted by Crippen LogP contribution is -2.52. The lowest BCUT2D eigenvalue weighted by atomic mass is 9.99. The molecule has 1 aliphatic rings. The fourth-order valence-electron chi connectivity index (χ4n) is 2.55. The topological polar surface area (TPSA) is 66.8 Å².